The van der Waals surface area contributed by atoms with Gasteiger partial charge >= 0.3 is 0 Å². The quantitative estimate of drug-likeness (QED) is 0.816. The van der Waals surface area contributed by atoms with Gasteiger partial charge < -0.3 is 15.5 Å². The number of aromatic nitrogens is 1. The van der Waals surface area contributed by atoms with Crippen LogP contribution in [0.15, 0.2) is 11.6 Å². The van der Waals surface area contributed by atoms with Crippen LogP contribution in [-0.2, 0) is 4.79 Å². The van der Waals surface area contributed by atoms with Gasteiger partial charge in [0.1, 0.15) is 0 Å². The molecule has 1 aliphatic heterocycles. The summed E-state index contributed by atoms with van der Waals surface area (Å²) in [6.45, 7) is 3.72. The largest absolute Gasteiger partial charge is 0.345 e. The molecule has 0 atom stereocenters. The number of piperazine rings is 1. The summed E-state index contributed by atoms with van der Waals surface area (Å²) in [6.07, 6.45) is 2.27. The molecule has 88 valence electrons. The molecule has 1 fully saturated rings. The minimum Gasteiger partial charge on any atom is -0.345 e. The number of anilines is 1. The maximum absolute atomic E-state index is 11.6. The second-order valence-corrected chi connectivity index (χ2v) is 4.59. The van der Waals surface area contributed by atoms with E-state index in [9.17, 15) is 4.79 Å². The third-order valence-corrected chi connectivity index (χ3v) is 3.51. The fraction of sp³-hybridized carbons (Fsp3) is 0.600. The van der Waals surface area contributed by atoms with Crippen molar-refractivity contribution in [3.8, 4) is 0 Å². The van der Waals surface area contributed by atoms with E-state index in [4.69, 9.17) is 5.73 Å². The lowest BCUT2D eigenvalue weighted by Gasteiger charge is -2.34. The third-order valence-electron chi connectivity index (χ3n) is 2.68. The Kier molecular flexibility index (Phi) is 3.74. The van der Waals surface area contributed by atoms with Gasteiger partial charge in [0.15, 0.2) is 5.13 Å². The molecule has 2 rings (SSSR count). The van der Waals surface area contributed by atoms with Crippen molar-refractivity contribution in [1.29, 1.82) is 0 Å². The molecule has 2 N–H and O–H groups in total. The molecule has 0 bridgehead atoms. The van der Waals surface area contributed by atoms with E-state index in [-0.39, 0.29) is 5.91 Å². The maximum atomic E-state index is 11.6. The summed E-state index contributed by atoms with van der Waals surface area (Å²) in [4.78, 5) is 20.0. The monoisotopic (exact) mass is 240 g/mol. The topological polar surface area (TPSA) is 62.5 Å². The average molecular weight is 240 g/mol. The zero-order chi connectivity index (χ0) is 11.4. The van der Waals surface area contributed by atoms with Crippen molar-refractivity contribution >= 4 is 22.4 Å². The summed E-state index contributed by atoms with van der Waals surface area (Å²) in [5.41, 5.74) is 5.37. The van der Waals surface area contributed by atoms with E-state index >= 15 is 0 Å². The molecule has 0 saturated carbocycles. The van der Waals surface area contributed by atoms with Crippen molar-refractivity contribution in [3.05, 3.63) is 11.6 Å². The van der Waals surface area contributed by atoms with Crippen LogP contribution in [-0.4, -0.2) is 48.5 Å². The second-order valence-electron chi connectivity index (χ2n) is 3.72. The second kappa shape index (κ2) is 5.27. The first-order chi connectivity index (χ1) is 7.81. The summed E-state index contributed by atoms with van der Waals surface area (Å²) in [7, 11) is 0. The fourth-order valence-corrected chi connectivity index (χ4v) is 2.50. The van der Waals surface area contributed by atoms with E-state index in [1.807, 2.05) is 16.5 Å². The Balaban J connectivity index is 1.85. The number of nitrogens with zero attached hydrogens (tertiary/aromatic N) is 3. The Morgan fingerprint density at radius 3 is 2.75 bits per heavy atom. The minimum atomic E-state index is 0.168. The summed E-state index contributed by atoms with van der Waals surface area (Å²) in [6, 6.07) is 0. The Labute approximate surface area is 98.9 Å². The molecule has 6 heteroatoms. The van der Waals surface area contributed by atoms with E-state index in [2.05, 4.69) is 9.88 Å². The lowest BCUT2D eigenvalue weighted by Crippen LogP contribution is -2.49. The van der Waals surface area contributed by atoms with Crippen molar-refractivity contribution in [2.24, 2.45) is 5.73 Å². The highest BCUT2D eigenvalue weighted by Crippen LogP contribution is 2.18. The molecule has 1 aliphatic rings. The number of carbonyl (C=O) groups is 1. The van der Waals surface area contributed by atoms with Crippen LogP contribution in [0.1, 0.15) is 6.42 Å². The van der Waals surface area contributed by atoms with Crippen LogP contribution in [0.5, 0.6) is 0 Å². The standard InChI is InChI=1S/C10H16N4OS/c11-2-1-9(15)13-4-6-14(7-5-13)10-12-3-8-16-10/h3,8H,1-2,4-7,11H2. The molecule has 1 amide bonds. The predicted molar refractivity (Wildman–Crippen MR) is 64.6 cm³/mol. The van der Waals surface area contributed by atoms with Gasteiger partial charge in [0.05, 0.1) is 0 Å². The van der Waals surface area contributed by atoms with Crippen LogP contribution >= 0.6 is 11.3 Å². The van der Waals surface area contributed by atoms with E-state index in [1.54, 1.807) is 11.3 Å². The molecule has 1 aromatic rings. The molecule has 0 aromatic carbocycles. The molecule has 0 unspecified atom stereocenters. The SMILES string of the molecule is NCCC(=O)N1CCN(c2nccs2)CC1. The molecule has 1 aromatic heterocycles. The van der Waals surface area contributed by atoms with Crippen molar-refractivity contribution in [3.63, 3.8) is 0 Å². The van der Waals surface area contributed by atoms with Gasteiger partial charge in [-0.2, -0.15) is 0 Å². The molecular weight excluding hydrogens is 224 g/mol. The first-order valence-corrected chi connectivity index (χ1v) is 6.31. The zero-order valence-corrected chi connectivity index (χ0v) is 9.95. The summed E-state index contributed by atoms with van der Waals surface area (Å²) in [5, 5.41) is 3.02. The number of hydrogen-bond acceptors (Lipinski definition) is 5. The zero-order valence-electron chi connectivity index (χ0n) is 9.13. The predicted octanol–water partition coefficient (Wildman–Crippen LogP) is 0.141. The van der Waals surface area contributed by atoms with Crippen LogP contribution in [0.4, 0.5) is 5.13 Å². The highest BCUT2D eigenvalue weighted by atomic mass is 32.1. The molecule has 16 heavy (non-hydrogen) atoms. The van der Waals surface area contributed by atoms with Crippen LogP contribution in [0, 0.1) is 0 Å². The summed E-state index contributed by atoms with van der Waals surface area (Å²) < 4.78 is 0. The number of nitrogens with two attached hydrogens (primary N) is 1. The number of amides is 1. The van der Waals surface area contributed by atoms with Crippen LogP contribution < -0.4 is 10.6 Å². The number of thiazole rings is 1. The smallest absolute Gasteiger partial charge is 0.223 e. The Morgan fingerprint density at radius 2 is 2.19 bits per heavy atom. The Bertz CT molecular complexity index is 333. The first-order valence-electron chi connectivity index (χ1n) is 5.43. The lowest BCUT2D eigenvalue weighted by atomic mass is 10.3. The summed E-state index contributed by atoms with van der Waals surface area (Å²) >= 11 is 1.64. The molecule has 2 heterocycles. The van der Waals surface area contributed by atoms with Gasteiger partial charge in [-0.1, -0.05) is 0 Å². The Hall–Kier alpha value is -1.14. The molecule has 1 saturated heterocycles. The van der Waals surface area contributed by atoms with Gasteiger partial charge in [0.25, 0.3) is 0 Å². The number of rotatable bonds is 3. The fourth-order valence-electron chi connectivity index (χ4n) is 1.80. The van der Waals surface area contributed by atoms with Gasteiger partial charge in [-0.15, -0.1) is 11.3 Å². The molecule has 0 aliphatic carbocycles. The van der Waals surface area contributed by atoms with Gasteiger partial charge in [0.2, 0.25) is 5.91 Å². The maximum Gasteiger partial charge on any atom is 0.223 e. The number of hydrogen-bond donors (Lipinski definition) is 1. The van der Waals surface area contributed by atoms with Crippen molar-refractivity contribution in [1.82, 2.24) is 9.88 Å². The van der Waals surface area contributed by atoms with Crippen LogP contribution in [0.2, 0.25) is 0 Å². The summed E-state index contributed by atoms with van der Waals surface area (Å²) in [5.74, 6) is 0.168. The lowest BCUT2D eigenvalue weighted by molar-refractivity contribution is -0.131. The van der Waals surface area contributed by atoms with Crippen molar-refractivity contribution in [2.75, 3.05) is 37.6 Å². The van der Waals surface area contributed by atoms with E-state index in [1.165, 1.54) is 0 Å². The highest BCUT2D eigenvalue weighted by Gasteiger charge is 2.21. The van der Waals surface area contributed by atoms with E-state index in [0.717, 1.165) is 31.3 Å². The highest BCUT2D eigenvalue weighted by molar-refractivity contribution is 7.13. The third kappa shape index (κ3) is 2.51. The van der Waals surface area contributed by atoms with Gasteiger partial charge in [-0.05, 0) is 0 Å². The molecular formula is C10H16N4OS. The van der Waals surface area contributed by atoms with E-state index < -0.39 is 0 Å². The average Bonchev–Trinajstić information content (AvgIpc) is 2.83. The molecule has 0 radical (unpaired) electrons. The van der Waals surface area contributed by atoms with Crippen LogP contribution in [0.3, 0.4) is 0 Å². The number of carbonyl (C=O) groups excluding carboxylic acids is 1. The van der Waals surface area contributed by atoms with Crippen LogP contribution in [0.25, 0.3) is 0 Å². The normalized spacial score (nSPS) is 16.6. The minimum absolute atomic E-state index is 0.168. The van der Waals surface area contributed by atoms with E-state index in [0.29, 0.717) is 13.0 Å². The Morgan fingerprint density at radius 1 is 1.44 bits per heavy atom. The van der Waals surface area contributed by atoms with Gasteiger partial charge in [-0.25, -0.2) is 4.98 Å². The van der Waals surface area contributed by atoms with Crippen molar-refractivity contribution < 1.29 is 4.79 Å². The molecule has 0 spiro atoms. The van der Waals surface area contributed by atoms with Gasteiger partial charge in [-0.3, -0.25) is 4.79 Å². The first kappa shape index (κ1) is 11.3. The molecule has 5 nitrogen and oxygen atoms in total. The van der Waals surface area contributed by atoms with Crippen molar-refractivity contribution in [2.45, 2.75) is 6.42 Å². The van der Waals surface area contributed by atoms with Gasteiger partial charge in [0, 0.05) is 50.7 Å².